The van der Waals surface area contributed by atoms with Crippen molar-refractivity contribution < 1.29 is 9.15 Å². The molecule has 2 saturated heterocycles. The van der Waals surface area contributed by atoms with Crippen molar-refractivity contribution in [3.63, 3.8) is 0 Å². The number of ether oxygens (including phenoxy) is 1. The molecule has 4 aromatic rings. The molecule has 0 aliphatic carbocycles. The molecule has 0 amide bonds. The summed E-state index contributed by atoms with van der Waals surface area (Å²) in [5.41, 5.74) is 4.84. The molecule has 8 nitrogen and oxygen atoms in total. The second kappa shape index (κ2) is 7.43. The molecule has 1 aromatic carbocycles. The van der Waals surface area contributed by atoms with Gasteiger partial charge in [-0.25, -0.2) is 9.78 Å². The Kier molecular flexibility index (Phi) is 4.51. The molecule has 8 heteroatoms. The average molecular weight is 431 g/mol. The van der Waals surface area contributed by atoms with Gasteiger partial charge in [0, 0.05) is 55.7 Å². The lowest BCUT2D eigenvalue weighted by molar-refractivity contribution is -0.0660. The Hall–Kier alpha value is -3.23. The van der Waals surface area contributed by atoms with Crippen LogP contribution in [0.25, 0.3) is 27.9 Å². The first-order valence-electron chi connectivity index (χ1n) is 11.0. The quantitative estimate of drug-likeness (QED) is 0.462. The Balaban J connectivity index is 1.30. The molecule has 32 heavy (non-hydrogen) atoms. The van der Waals surface area contributed by atoms with Gasteiger partial charge in [-0.2, -0.15) is 0 Å². The lowest BCUT2D eigenvalue weighted by atomic mass is 10.1. The number of hydrogen-bond acceptors (Lipinski definition) is 7. The average Bonchev–Trinajstić information content (AvgIpc) is 3.16. The van der Waals surface area contributed by atoms with E-state index in [-0.39, 0.29) is 5.63 Å². The predicted octanol–water partition coefficient (Wildman–Crippen LogP) is 2.64. The summed E-state index contributed by atoms with van der Waals surface area (Å²) in [5.74, 6) is 0. The van der Waals surface area contributed by atoms with Crippen molar-refractivity contribution in [2.45, 2.75) is 19.9 Å². The van der Waals surface area contributed by atoms with Crippen LogP contribution in [0, 0.1) is 13.8 Å². The summed E-state index contributed by atoms with van der Waals surface area (Å²) in [6, 6.07) is 8.56. The van der Waals surface area contributed by atoms with Crippen LogP contribution in [0.5, 0.6) is 0 Å². The van der Waals surface area contributed by atoms with Crippen molar-refractivity contribution in [2.24, 2.45) is 0 Å². The number of hydrogen-bond donors (Lipinski definition) is 0. The van der Waals surface area contributed by atoms with Gasteiger partial charge in [0.2, 0.25) is 0 Å². The zero-order chi connectivity index (χ0) is 21.8. The van der Waals surface area contributed by atoms with E-state index in [9.17, 15) is 4.79 Å². The summed E-state index contributed by atoms with van der Waals surface area (Å²) in [6.45, 7) is 9.53. The zero-order valence-electron chi connectivity index (χ0n) is 18.2. The molecule has 0 bridgehead atoms. The van der Waals surface area contributed by atoms with Crippen LogP contribution in [0.3, 0.4) is 0 Å². The maximum atomic E-state index is 12.8. The van der Waals surface area contributed by atoms with Gasteiger partial charge in [0.15, 0.2) is 5.65 Å². The van der Waals surface area contributed by atoms with E-state index in [1.165, 1.54) is 0 Å². The van der Waals surface area contributed by atoms with Crippen molar-refractivity contribution in [3.8, 4) is 11.3 Å². The van der Waals surface area contributed by atoms with E-state index in [1.807, 2.05) is 48.8 Å². The van der Waals surface area contributed by atoms with Gasteiger partial charge in [0.05, 0.1) is 41.9 Å². The van der Waals surface area contributed by atoms with Crippen LogP contribution in [0.1, 0.15) is 11.4 Å². The van der Waals surface area contributed by atoms with E-state index in [2.05, 4.69) is 25.8 Å². The Bertz CT molecular complexity index is 1380. The number of fused-ring (bicyclic) bond motifs is 2. The maximum absolute atomic E-state index is 12.8. The second-order valence-electron chi connectivity index (χ2n) is 8.71. The number of anilines is 1. The van der Waals surface area contributed by atoms with Crippen LogP contribution in [0.2, 0.25) is 0 Å². The third kappa shape index (κ3) is 3.27. The van der Waals surface area contributed by atoms with Gasteiger partial charge in [-0.1, -0.05) is 0 Å². The van der Waals surface area contributed by atoms with Crippen LogP contribution in [0.15, 0.2) is 45.9 Å². The summed E-state index contributed by atoms with van der Waals surface area (Å²) in [7, 11) is 0. The topological polar surface area (TPSA) is 76.1 Å². The Labute approximate surface area is 185 Å². The molecule has 2 aliphatic heterocycles. The van der Waals surface area contributed by atoms with Crippen LogP contribution in [-0.2, 0) is 4.74 Å². The number of aromatic nitrogens is 3. The molecule has 2 aliphatic rings. The number of piperazine rings is 1. The molecule has 0 atom stereocenters. The van der Waals surface area contributed by atoms with Crippen LogP contribution in [-0.4, -0.2) is 64.7 Å². The summed E-state index contributed by atoms with van der Waals surface area (Å²) in [4.78, 5) is 26.8. The van der Waals surface area contributed by atoms with Gasteiger partial charge in [0.1, 0.15) is 5.58 Å². The number of benzene rings is 1. The molecule has 0 radical (unpaired) electrons. The lowest BCUT2D eigenvalue weighted by Gasteiger charge is -2.43. The SMILES string of the molecule is Cc1cn2cc(-c3cc4ccc(N5CCN(C6COC6)CC5)cc4oc3=O)nc2c(C)n1. The minimum Gasteiger partial charge on any atom is -0.422 e. The van der Waals surface area contributed by atoms with Crippen LogP contribution in [0.4, 0.5) is 5.69 Å². The first-order chi connectivity index (χ1) is 15.5. The van der Waals surface area contributed by atoms with Gasteiger partial charge < -0.3 is 18.5 Å². The number of rotatable bonds is 3. The highest BCUT2D eigenvalue weighted by molar-refractivity contribution is 5.84. The second-order valence-corrected chi connectivity index (χ2v) is 8.71. The fraction of sp³-hybridized carbons (Fsp3) is 0.375. The van der Waals surface area contributed by atoms with Gasteiger partial charge >= 0.3 is 5.63 Å². The molecule has 0 N–H and O–H groups in total. The van der Waals surface area contributed by atoms with Crippen LogP contribution < -0.4 is 10.5 Å². The molecular weight excluding hydrogens is 406 g/mol. The maximum Gasteiger partial charge on any atom is 0.345 e. The molecule has 0 spiro atoms. The molecular formula is C24H25N5O3. The number of nitrogens with zero attached hydrogens (tertiary/aromatic N) is 5. The van der Waals surface area contributed by atoms with Crippen molar-refractivity contribution >= 4 is 22.3 Å². The summed E-state index contributed by atoms with van der Waals surface area (Å²) >= 11 is 0. The predicted molar refractivity (Wildman–Crippen MR) is 122 cm³/mol. The van der Waals surface area contributed by atoms with Gasteiger partial charge in [0.25, 0.3) is 0 Å². The molecule has 6 rings (SSSR count). The van der Waals surface area contributed by atoms with Gasteiger partial charge in [-0.3, -0.25) is 9.88 Å². The number of aryl methyl sites for hydroxylation is 2. The van der Waals surface area contributed by atoms with Crippen LogP contribution >= 0.6 is 0 Å². The third-order valence-corrected chi connectivity index (χ3v) is 6.54. The lowest BCUT2D eigenvalue weighted by Crippen LogP contribution is -2.56. The highest BCUT2D eigenvalue weighted by atomic mass is 16.5. The van der Waals surface area contributed by atoms with Crippen molar-refractivity contribution in [2.75, 3.05) is 44.3 Å². The van der Waals surface area contributed by atoms with E-state index in [0.29, 0.717) is 22.9 Å². The fourth-order valence-corrected chi connectivity index (χ4v) is 4.69. The summed E-state index contributed by atoms with van der Waals surface area (Å²) in [6.07, 6.45) is 3.77. The molecule has 164 valence electrons. The molecule has 0 saturated carbocycles. The van der Waals surface area contributed by atoms with Crippen molar-refractivity contribution in [1.29, 1.82) is 0 Å². The van der Waals surface area contributed by atoms with Gasteiger partial charge in [-0.15, -0.1) is 0 Å². The first kappa shape index (κ1) is 19.5. The minimum atomic E-state index is -0.379. The molecule has 0 unspecified atom stereocenters. The highest BCUT2D eigenvalue weighted by Gasteiger charge is 2.29. The summed E-state index contributed by atoms with van der Waals surface area (Å²) in [5, 5.41) is 0.886. The third-order valence-electron chi connectivity index (χ3n) is 6.54. The van der Waals surface area contributed by atoms with E-state index in [1.54, 1.807) is 0 Å². The summed E-state index contributed by atoms with van der Waals surface area (Å²) < 4.78 is 13.0. The van der Waals surface area contributed by atoms with E-state index in [0.717, 1.165) is 67.5 Å². The highest BCUT2D eigenvalue weighted by Crippen LogP contribution is 2.26. The Morgan fingerprint density at radius 3 is 2.56 bits per heavy atom. The van der Waals surface area contributed by atoms with Crippen molar-refractivity contribution in [1.82, 2.24) is 19.3 Å². The standard InChI is InChI=1S/C24H25N5O3/c1-15-11-29-12-21(26-23(29)16(2)25-15)20-9-17-3-4-18(10-22(17)32-24(20)30)27-5-7-28(8-6-27)19-13-31-14-19/h3-4,9-12,19H,5-8,13-14H2,1-2H3. The Morgan fingerprint density at radius 2 is 1.81 bits per heavy atom. The van der Waals surface area contributed by atoms with Crippen molar-refractivity contribution in [3.05, 3.63) is 58.5 Å². The monoisotopic (exact) mass is 431 g/mol. The van der Waals surface area contributed by atoms with E-state index >= 15 is 0 Å². The Morgan fingerprint density at radius 1 is 1.00 bits per heavy atom. The smallest absolute Gasteiger partial charge is 0.345 e. The molecule has 2 fully saturated rings. The van der Waals surface area contributed by atoms with E-state index < -0.39 is 0 Å². The number of imidazole rings is 1. The van der Waals surface area contributed by atoms with E-state index in [4.69, 9.17) is 9.15 Å². The fourth-order valence-electron chi connectivity index (χ4n) is 4.69. The zero-order valence-corrected chi connectivity index (χ0v) is 18.2. The normalized spacial score (nSPS) is 17.9. The molecule has 5 heterocycles. The molecule has 3 aromatic heterocycles. The first-order valence-corrected chi connectivity index (χ1v) is 11.0. The largest absolute Gasteiger partial charge is 0.422 e. The van der Waals surface area contributed by atoms with Gasteiger partial charge in [-0.05, 0) is 32.0 Å². The minimum absolute atomic E-state index is 0.379.